The average molecular weight is 484 g/mol. The Bertz CT molecular complexity index is 1290. The summed E-state index contributed by atoms with van der Waals surface area (Å²) in [6, 6.07) is 18.8. The van der Waals surface area contributed by atoms with Gasteiger partial charge in [0, 0.05) is 12.1 Å². The number of hydrogen-bond donors (Lipinski definition) is 0. The molecule has 3 aromatic rings. The molecule has 3 atom stereocenters. The number of nitro groups is 1. The molecular formula is C23H15Cl2N3O5. The van der Waals surface area contributed by atoms with Crippen LogP contribution in [0.1, 0.15) is 11.6 Å². The van der Waals surface area contributed by atoms with Crippen molar-refractivity contribution in [2.45, 2.75) is 12.1 Å². The number of amides is 2. The number of halogens is 2. The Kier molecular flexibility index (Phi) is 5.28. The van der Waals surface area contributed by atoms with Crippen molar-refractivity contribution >= 4 is 52.1 Å². The molecule has 3 unspecified atom stereocenters. The highest BCUT2D eigenvalue weighted by Crippen LogP contribution is 2.48. The monoisotopic (exact) mass is 483 g/mol. The van der Waals surface area contributed by atoms with Gasteiger partial charge in [0.1, 0.15) is 5.92 Å². The lowest BCUT2D eigenvalue weighted by Gasteiger charge is -2.28. The number of benzene rings is 3. The summed E-state index contributed by atoms with van der Waals surface area (Å²) in [4.78, 5) is 44.7. The Morgan fingerprint density at radius 2 is 1.61 bits per heavy atom. The van der Waals surface area contributed by atoms with E-state index in [-0.39, 0.29) is 10.7 Å². The lowest BCUT2D eigenvalue weighted by Crippen LogP contribution is -2.37. The molecule has 2 heterocycles. The van der Waals surface area contributed by atoms with Crippen LogP contribution in [0.4, 0.5) is 17.1 Å². The predicted octanol–water partition coefficient (Wildman–Crippen LogP) is 4.95. The van der Waals surface area contributed by atoms with E-state index in [4.69, 9.17) is 28.0 Å². The fourth-order valence-electron chi connectivity index (χ4n) is 4.25. The molecule has 2 fully saturated rings. The number of anilines is 2. The van der Waals surface area contributed by atoms with E-state index in [0.29, 0.717) is 16.4 Å². The molecule has 0 radical (unpaired) electrons. The first-order chi connectivity index (χ1) is 15.9. The lowest BCUT2D eigenvalue weighted by molar-refractivity contribution is -0.384. The van der Waals surface area contributed by atoms with E-state index in [1.807, 2.05) is 30.3 Å². The molecular weight excluding hydrogens is 469 g/mol. The van der Waals surface area contributed by atoms with E-state index in [2.05, 4.69) is 0 Å². The molecule has 2 amide bonds. The second-order valence-corrected chi connectivity index (χ2v) is 8.43. The van der Waals surface area contributed by atoms with E-state index in [1.54, 1.807) is 12.1 Å². The molecule has 8 nitrogen and oxygen atoms in total. The Balaban J connectivity index is 1.58. The number of carbonyl (C=O) groups excluding carboxylic acids is 2. The first-order valence-electron chi connectivity index (χ1n) is 9.95. The van der Waals surface area contributed by atoms with Crippen LogP contribution in [0, 0.1) is 16.0 Å². The number of imide groups is 1. The fourth-order valence-corrected chi connectivity index (χ4v) is 4.54. The van der Waals surface area contributed by atoms with Crippen LogP contribution in [0.2, 0.25) is 10.0 Å². The minimum atomic E-state index is -1.10. The van der Waals surface area contributed by atoms with Crippen molar-refractivity contribution in [3.63, 3.8) is 0 Å². The van der Waals surface area contributed by atoms with Crippen molar-refractivity contribution in [2.24, 2.45) is 5.92 Å². The van der Waals surface area contributed by atoms with Gasteiger partial charge in [0.15, 0.2) is 6.10 Å². The molecule has 0 N–H and O–H groups in total. The highest BCUT2D eigenvalue weighted by Gasteiger charge is 2.60. The third kappa shape index (κ3) is 3.52. The van der Waals surface area contributed by atoms with Crippen LogP contribution in [-0.2, 0) is 14.4 Å². The Morgan fingerprint density at radius 1 is 0.848 bits per heavy atom. The molecule has 5 rings (SSSR count). The Labute approximate surface area is 198 Å². The topological polar surface area (TPSA) is 93.0 Å². The van der Waals surface area contributed by atoms with Crippen molar-refractivity contribution in [3.8, 4) is 0 Å². The van der Waals surface area contributed by atoms with Crippen LogP contribution in [0.15, 0.2) is 72.8 Å². The lowest BCUT2D eigenvalue weighted by atomic mass is 9.90. The second kappa shape index (κ2) is 8.15. The molecule has 0 saturated carbocycles. The molecule has 0 bridgehead atoms. The second-order valence-electron chi connectivity index (χ2n) is 7.62. The largest absolute Gasteiger partial charge is 0.273 e. The zero-order valence-electron chi connectivity index (χ0n) is 16.8. The summed E-state index contributed by atoms with van der Waals surface area (Å²) in [5.74, 6) is -1.86. The van der Waals surface area contributed by atoms with Gasteiger partial charge in [-0.1, -0.05) is 59.6 Å². The molecule has 2 saturated heterocycles. The number of rotatable bonds is 4. The summed E-state index contributed by atoms with van der Waals surface area (Å²) < 4.78 is 0. The van der Waals surface area contributed by atoms with Gasteiger partial charge in [-0.25, -0.2) is 9.96 Å². The van der Waals surface area contributed by atoms with Crippen molar-refractivity contribution in [1.82, 2.24) is 0 Å². The zero-order valence-corrected chi connectivity index (χ0v) is 18.3. The fraction of sp³-hybridized carbons (Fsp3) is 0.130. The van der Waals surface area contributed by atoms with E-state index in [0.717, 1.165) is 10.5 Å². The molecule has 10 heteroatoms. The van der Waals surface area contributed by atoms with Gasteiger partial charge in [0.05, 0.1) is 32.4 Å². The molecule has 0 aromatic heterocycles. The van der Waals surface area contributed by atoms with Gasteiger partial charge in [0.25, 0.3) is 11.6 Å². The van der Waals surface area contributed by atoms with E-state index < -0.39 is 34.8 Å². The van der Waals surface area contributed by atoms with Crippen LogP contribution >= 0.6 is 23.2 Å². The normalized spacial score (nSPS) is 22.1. The quantitative estimate of drug-likeness (QED) is 0.296. The Morgan fingerprint density at radius 3 is 2.30 bits per heavy atom. The first kappa shape index (κ1) is 21.4. The van der Waals surface area contributed by atoms with Gasteiger partial charge in [-0.15, -0.1) is 0 Å². The van der Waals surface area contributed by atoms with E-state index >= 15 is 0 Å². The summed E-state index contributed by atoms with van der Waals surface area (Å²) in [6.07, 6.45) is -1.10. The molecule has 2 aliphatic heterocycles. The number of carbonyl (C=O) groups is 2. The summed E-state index contributed by atoms with van der Waals surface area (Å²) >= 11 is 12.1. The molecule has 166 valence electrons. The number of fused-ring (bicyclic) bond motifs is 1. The van der Waals surface area contributed by atoms with Crippen LogP contribution in [0.3, 0.4) is 0 Å². The minimum Gasteiger partial charge on any atom is -0.273 e. The van der Waals surface area contributed by atoms with Gasteiger partial charge in [0.2, 0.25) is 5.91 Å². The minimum absolute atomic E-state index is 0.130. The molecule has 0 aliphatic carbocycles. The van der Waals surface area contributed by atoms with E-state index in [9.17, 15) is 19.7 Å². The number of hydroxylamine groups is 1. The van der Waals surface area contributed by atoms with Gasteiger partial charge < -0.3 is 0 Å². The maximum Gasteiger partial charge on any atom is 0.271 e. The SMILES string of the molecule is O=C1C2ON(c3cccc([N+](=O)[O-])c3)C(c3ccccc3)C2C(=O)N1c1ccc(Cl)c(Cl)c1. The number of nitro benzene ring substituents is 1. The highest BCUT2D eigenvalue weighted by atomic mass is 35.5. The Hall–Kier alpha value is -3.46. The molecule has 33 heavy (non-hydrogen) atoms. The van der Waals surface area contributed by atoms with Gasteiger partial charge >= 0.3 is 0 Å². The third-order valence-electron chi connectivity index (χ3n) is 5.71. The molecule has 3 aromatic carbocycles. The van der Waals surface area contributed by atoms with Gasteiger partial charge in [-0.3, -0.25) is 24.5 Å². The van der Waals surface area contributed by atoms with E-state index in [1.165, 1.54) is 35.4 Å². The number of hydrogen-bond acceptors (Lipinski definition) is 6. The highest BCUT2D eigenvalue weighted by molar-refractivity contribution is 6.42. The van der Waals surface area contributed by atoms with Crippen molar-refractivity contribution in [1.29, 1.82) is 0 Å². The summed E-state index contributed by atoms with van der Waals surface area (Å²) in [5.41, 5.74) is 1.27. The van der Waals surface area contributed by atoms with Gasteiger partial charge in [-0.05, 0) is 29.8 Å². The third-order valence-corrected chi connectivity index (χ3v) is 6.45. The van der Waals surface area contributed by atoms with Crippen LogP contribution in [0.5, 0.6) is 0 Å². The average Bonchev–Trinajstić information content (AvgIpc) is 3.32. The van der Waals surface area contributed by atoms with Crippen molar-refractivity contribution in [2.75, 3.05) is 9.96 Å². The summed E-state index contributed by atoms with van der Waals surface area (Å²) in [6.45, 7) is 0. The van der Waals surface area contributed by atoms with Crippen molar-refractivity contribution in [3.05, 3.63) is 98.5 Å². The maximum absolute atomic E-state index is 13.5. The molecule has 2 aliphatic rings. The van der Waals surface area contributed by atoms with Gasteiger partial charge in [-0.2, -0.15) is 0 Å². The van der Waals surface area contributed by atoms with Crippen LogP contribution in [0.25, 0.3) is 0 Å². The smallest absolute Gasteiger partial charge is 0.271 e. The predicted molar refractivity (Wildman–Crippen MR) is 122 cm³/mol. The molecule has 0 spiro atoms. The zero-order chi connectivity index (χ0) is 23.3. The van der Waals surface area contributed by atoms with Crippen LogP contribution in [-0.4, -0.2) is 22.8 Å². The standard InChI is InChI=1S/C23H15Cl2N3O5/c24-17-10-9-14(12-18(17)25)26-22(29)19-20(13-5-2-1-3-6-13)27(33-21(19)23(26)30)15-7-4-8-16(11-15)28(31)32/h1-12,19-21H. The van der Waals surface area contributed by atoms with Crippen molar-refractivity contribution < 1.29 is 19.3 Å². The number of nitrogens with zero attached hydrogens (tertiary/aromatic N) is 3. The summed E-state index contributed by atoms with van der Waals surface area (Å²) in [7, 11) is 0. The van der Waals surface area contributed by atoms with Crippen LogP contribution < -0.4 is 9.96 Å². The first-order valence-corrected chi connectivity index (χ1v) is 10.7. The summed E-state index contributed by atoms with van der Waals surface area (Å²) in [5, 5.41) is 13.2. The maximum atomic E-state index is 13.5. The number of non-ortho nitro benzene ring substituents is 1.